The van der Waals surface area contributed by atoms with E-state index in [-0.39, 0.29) is 29.0 Å². The summed E-state index contributed by atoms with van der Waals surface area (Å²) in [6, 6.07) is 7.39. The van der Waals surface area contributed by atoms with Gasteiger partial charge in [0.05, 0.1) is 0 Å². The molecule has 27 heavy (non-hydrogen) atoms. The van der Waals surface area contributed by atoms with Crippen LogP contribution in [0.15, 0.2) is 30.3 Å². The van der Waals surface area contributed by atoms with Gasteiger partial charge in [-0.05, 0) is 37.1 Å². The zero-order chi connectivity index (χ0) is 19.6. The standard InChI is InChI=1S/C20H25FN4O2/c1-20(2,3)16-12-17(24-23-16)22-18(26)13-8-10-25(11-9-13)19(27)14-4-6-15(21)7-5-14/h4-7,12-13H,8-11H2,1-3H3,(H2,22,23,24,26). The molecule has 6 nitrogen and oxygen atoms in total. The van der Waals surface area contributed by atoms with E-state index in [2.05, 4.69) is 36.3 Å². The second-order valence-electron chi connectivity index (χ2n) is 7.98. The van der Waals surface area contributed by atoms with Crippen molar-refractivity contribution < 1.29 is 14.0 Å². The monoisotopic (exact) mass is 372 g/mol. The van der Waals surface area contributed by atoms with Crippen LogP contribution in [-0.2, 0) is 10.2 Å². The molecule has 0 aliphatic carbocycles. The number of anilines is 1. The molecule has 1 saturated heterocycles. The summed E-state index contributed by atoms with van der Waals surface area (Å²) in [6.07, 6.45) is 1.19. The molecule has 7 heteroatoms. The van der Waals surface area contributed by atoms with Crippen molar-refractivity contribution in [3.63, 3.8) is 0 Å². The minimum Gasteiger partial charge on any atom is -0.339 e. The maximum Gasteiger partial charge on any atom is 0.253 e. The van der Waals surface area contributed by atoms with E-state index >= 15 is 0 Å². The maximum absolute atomic E-state index is 13.0. The van der Waals surface area contributed by atoms with E-state index in [0.29, 0.717) is 37.3 Å². The Balaban J connectivity index is 1.54. The Kier molecular flexibility index (Phi) is 5.30. The first kappa shape index (κ1) is 19.1. The maximum atomic E-state index is 13.0. The molecule has 0 saturated carbocycles. The molecule has 2 aromatic rings. The van der Waals surface area contributed by atoms with Gasteiger partial charge in [0.15, 0.2) is 5.82 Å². The number of H-pyrrole nitrogens is 1. The van der Waals surface area contributed by atoms with E-state index in [1.54, 1.807) is 4.90 Å². The highest BCUT2D eigenvalue weighted by molar-refractivity contribution is 5.95. The van der Waals surface area contributed by atoms with Crippen LogP contribution in [0.3, 0.4) is 0 Å². The number of hydrogen-bond donors (Lipinski definition) is 2. The largest absolute Gasteiger partial charge is 0.339 e. The molecular formula is C20H25FN4O2. The zero-order valence-corrected chi connectivity index (χ0v) is 15.9. The quantitative estimate of drug-likeness (QED) is 0.867. The summed E-state index contributed by atoms with van der Waals surface area (Å²) in [7, 11) is 0. The third-order valence-electron chi connectivity index (χ3n) is 4.88. The summed E-state index contributed by atoms with van der Waals surface area (Å²) in [5.74, 6) is -0.200. The van der Waals surface area contributed by atoms with Gasteiger partial charge in [0, 0.05) is 41.7 Å². The molecule has 1 aliphatic rings. The first-order chi connectivity index (χ1) is 12.7. The Bertz CT molecular complexity index is 815. The molecule has 1 aromatic carbocycles. The number of rotatable bonds is 3. The van der Waals surface area contributed by atoms with Crippen LogP contribution in [0.4, 0.5) is 10.2 Å². The van der Waals surface area contributed by atoms with Crippen LogP contribution in [0.2, 0.25) is 0 Å². The van der Waals surface area contributed by atoms with E-state index in [9.17, 15) is 14.0 Å². The van der Waals surface area contributed by atoms with Crippen LogP contribution < -0.4 is 5.32 Å². The average molecular weight is 372 g/mol. The molecule has 0 spiro atoms. The number of aromatic nitrogens is 2. The molecule has 2 heterocycles. The van der Waals surface area contributed by atoms with Crippen LogP contribution in [-0.4, -0.2) is 40.0 Å². The molecule has 1 aliphatic heterocycles. The molecule has 0 radical (unpaired) electrons. The number of nitrogens with one attached hydrogen (secondary N) is 2. The van der Waals surface area contributed by atoms with Gasteiger partial charge in [-0.3, -0.25) is 14.7 Å². The highest BCUT2D eigenvalue weighted by Crippen LogP contribution is 2.24. The summed E-state index contributed by atoms with van der Waals surface area (Å²) in [5, 5.41) is 9.97. The number of piperidine rings is 1. The summed E-state index contributed by atoms with van der Waals surface area (Å²) < 4.78 is 13.0. The second kappa shape index (κ2) is 7.50. The lowest BCUT2D eigenvalue weighted by Gasteiger charge is -2.31. The predicted octanol–water partition coefficient (Wildman–Crippen LogP) is 3.34. The number of likely N-dealkylation sites (tertiary alicyclic amines) is 1. The Morgan fingerprint density at radius 1 is 1.19 bits per heavy atom. The average Bonchev–Trinajstić information content (AvgIpc) is 3.11. The predicted molar refractivity (Wildman–Crippen MR) is 101 cm³/mol. The molecule has 2 N–H and O–H groups in total. The lowest BCUT2D eigenvalue weighted by molar-refractivity contribution is -0.121. The molecule has 144 valence electrons. The van der Waals surface area contributed by atoms with Gasteiger partial charge < -0.3 is 10.2 Å². The topological polar surface area (TPSA) is 78.1 Å². The summed E-state index contributed by atoms with van der Waals surface area (Å²) in [5.41, 5.74) is 1.35. The minimum atomic E-state index is -0.366. The SMILES string of the molecule is CC(C)(C)c1cc(NC(=O)C2CCN(C(=O)c3ccc(F)cc3)CC2)n[nH]1. The Hall–Kier alpha value is -2.70. The van der Waals surface area contributed by atoms with Gasteiger partial charge in [-0.2, -0.15) is 5.10 Å². The van der Waals surface area contributed by atoms with Crippen molar-refractivity contribution in [1.29, 1.82) is 0 Å². The van der Waals surface area contributed by atoms with Gasteiger partial charge in [0.25, 0.3) is 5.91 Å². The van der Waals surface area contributed by atoms with E-state index in [1.165, 1.54) is 24.3 Å². The van der Waals surface area contributed by atoms with Crippen molar-refractivity contribution in [3.05, 3.63) is 47.4 Å². The smallest absolute Gasteiger partial charge is 0.253 e. The first-order valence-corrected chi connectivity index (χ1v) is 9.15. The summed E-state index contributed by atoms with van der Waals surface area (Å²) in [4.78, 5) is 26.7. The molecule has 0 bridgehead atoms. The fourth-order valence-electron chi connectivity index (χ4n) is 3.12. The Labute approximate surface area is 158 Å². The molecule has 1 fully saturated rings. The fourth-order valence-corrected chi connectivity index (χ4v) is 3.12. The van der Waals surface area contributed by atoms with Gasteiger partial charge in [-0.15, -0.1) is 0 Å². The van der Waals surface area contributed by atoms with E-state index in [4.69, 9.17) is 0 Å². The Morgan fingerprint density at radius 3 is 2.37 bits per heavy atom. The van der Waals surface area contributed by atoms with Gasteiger partial charge in [-0.1, -0.05) is 20.8 Å². The third-order valence-corrected chi connectivity index (χ3v) is 4.88. The molecular weight excluding hydrogens is 347 g/mol. The van der Waals surface area contributed by atoms with Crippen LogP contribution in [0.25, 0.3) is 0 Å². The number of carbonyl (C=O) groups is 2. The van der Waals surface area contributed by atoms with Crippen LogP contribution in [0, 0.1) is 11.7 Å². The number of benzene rings is 1. The van der Waals surface area contributed by atoms with Crippen LogP contribution in [0.1, 0.15) is 49.7 Å². The van der Waals surface area contributed by atoms with Crippen molar-refractivity contribution in [2.24, 2.45) is 5.92 Å². The van der Waals surface area contributed by atoms with Crippen molar-refractivity contribution in [1.82, 2.24) is 15.1 Å². The van der Waals surface area contributed by atoms with Crippen molar-refractivity contribution in [2.75, 3.05) is 18.4 Å². The van der Waals surface area contributed by atoms with Crippen molar-refractivity contribution in [2.45, 2.75) is 39.0 Å². The number of carbonyl (C=O) groups excluding carboxylic acids is 2. The lowest BCUT2D eigenvalue weighted by atomic mass is 9.92. The first-order valence-electron chi connectivity index (χ1n) is 9.15. The molecule has 0 unspecified atom stereocenters. The van der Waals surface area contributed by atoms with E-state index < -0.39 is 0 Å². The summed E-state index contributed by atoms with van der Waals surface area (Å²) in [6.45, 7) is 7.21. The summed E-state index contributed by atoms with van der Waals surface area (Å²) >= 11 is 0. The minimum absolute atomic E-state index is 0.0674. The fraction of sp³-hybridized carbons (Fsp3) is 0.450. The lowest BCUT2D eigenvalue weighted by Crippen LogP contribution is -2.41. The molecule has 3 rings (SSSR count). The van der Waals surface area contributed by atoms with E-state index in [1.807, 2.05) is 6.07 Å². The third kappa shape index (κ3) is 4.53. The highest BCUT2D eigenvalue weighted by Gasteiger charge is 2.28. The molecule has 1 aromatic heterocycles. The normalized spacial score (nSPS) is 15.6. The van der Waals surface area contributed by atoms with Crippen molar-refractivity contribution >= 4 is 17.6 Å². The number of nitrogens with zero attached hydrogens (tertiary/aromatic N) is 2. The van der Waals surface area contributed by atoms with Gasteiger partial charge >= 0.3 is 0 Å². The van der Waals surface area contributed by atoms with Crippen LogP contribution in [0.5, 0.6) is 0 Å². The molecule has 2 amide bonds. The number of halogens is 1. The number of amides is 2. The van der Waals surface area contributed by atoms with Gasteiger partial charge in [0.1, 0.15) is 5.82 Å². The van der Waals surface area contributed by atoms with Gasteiger partial charge in [-0.25, -0.2) is 4.39 Å². The van der Waals surface area contributed by atoms with E-state index in [0.717, 1.165) is 5.69 Å². The zero-order valence-electron chi connectivity index (χ0n) is 15.9. The second-order valence-corrected chi connectivity index (χ2v) is 7.98. The Morgan fingerprint density at radius 2 is 1.81 bits per heavy atom. The van der Waals surface area contributed by atoms with Crippen LogP contribution >= 0.6 is 0 Å². The van der Waals surface area contributed by atoms with Gasteiger partial charge in [0.2, 0.25) is 5.91 Å². The van der Waals surface area contributed by atoms with Crippen molar-refractivity contribution in [3.8, 4) is 0 Å². The highest BCUT2D eigenvalue weighted by atomic mass is 19.1. The number of hydrogen-bond acceptors (Lipinski definition) is 3. The molecule has 0 atom stereocenters. The number of aromatic amines is 1.